The van der Waals surface area contributed by atoms with Gasteiger partial charge >= 0.3 is 0 Å². The zero-order valence-electron chi connectivity index (χ0n) is 11.5. The molecular formula is C15H20N2O2S. The fourth-order valence-corrected chi connectivity index (χ4v) is 3.22. The number of amides is 1. The van der Waals surface area contributed by atoms with Crippen LogP contribution in [0.2, 0.25) is 0 Å². The molecule has 0 aliphatic carbocycles. The number of carbonyl (C=O) groups is 1. The second-order valence-corrected chi connectivity index (χ2v) is 6.09. The van der Waals surface area contributed by atoms with Gasteiger partial charge < -0.3 is 14.5 Å². The third-order valence-electron chi connectivity index (χ3n) is 3.90. The molecule has 0 N–H and O–H groups in total. The third-order valence-corrected chi connectivity index (χ3v) is 4.24. The van der Waals surface area contributed by atoms with E-state index in [-0.39, 0.29) is 11.2 Å². The van der Waals surface area contributed by atoms with Gasteiger partial charge in [0.1, 0.15) is 0 Å². The van der Waals surface area contributed by atoms with E-state index < -0.39 is 0 Å². The minimum Gasteiger partial charge on any atom is -0.378 e. The minimum absolute atomic E-state index is 0.179. The van der Waals surface area contributed by atoms with Gasteiger partial charge in [0, 0.05) is 43.5 Å². The zero-order chi connectivity index (χ0) is 13.9. The maximum absolute atomic E-state index is 11.9. The lowest BCUT2D eigenvalue weighted by atomic mass is 10.1. The Morgan fingerprint density at radius 2 is 2.00 bits per heavy atom. The number of benzene rings is 1. The molecule has 2 fully saturated rings. The van der Waals surface area contributed by atoms with E-state index in [1.807, 2.05) is 11.0 Å². The van der Waals surface area contributed by atoms with Gasteiger partial charge in [-0.1, -0.05) is 18.2 Å². The van der Waals surface area contributed by atoms with E-state index in [4.69, 9.17) is 4.74 Å². The Bertz CT molecular complexity index is 489. The van der Waals surface area contributed by atoms with Crippen molar-refractivity contribution in [3.05, 3.63) is 29.8 Å². The third kappa shape index (κ3) is 2.94. The summed E-state index contributed by atoms with van der Waals surface area (Å²) in [5.41, 5.74) is 2.44. The van der Waals surface area contributed by atoms with Crippen LogP contribution in [0.3, 0.4) is 0 Å². The first-order chi connectivity index (χ1) is 9.74. The monoisotopic (exact) mass is 292 g/mol. The lowest BCUT2D eigenvalue weighted by Crippen LogP contribution is -2.37. The number of morpholine rings is 1. The van der Waals surface area contributed by atoms with Gasteiger partial charge in [-0.15, -0.1) is 0 Å². The first-order valence-electron chi connectivity index (χ1n) is 7.10. The van der Waals surface area contributed by atoms with Crippen LogP contribution in [0.1, 0.15) is 12.0 Å². The first-order valence-corrected chi connectivity index (χ1v) is 7.62. The number of para-hydroxylation sites is 1. The van der Waals surface area contributed by atoms with Gasteiger partial charge in [-0.25, -0.2) is 0 Å². The van der Waals surface area contributed by atoms with Crippen LogP contribution in [-0.2, 0) is 16.1 Å². The van der Waals surface area contributed by atoms with Crippen molar-refractivity contribution in [2.45, 2.75) is 18.2 Å². The molecule has 2 aliphatic rings. The van der Waals surface area contributed by atoms with E-state index in [2.05, 4.69) is 35.7 Å². The molecule has 1 amide bonds. The Labute approximate surface area is 125 Å². The first kappa shape index (κ1) is 13.8. The van der Waals surface area contributed by atoms with Crippen LogP contribution in [0.25, 0.3) is 0 Å². The summed E-state index contributed by atoms with van der Waals surface area (Å²) in [5.74, 6) is 0.210. The van der Waals surface area contributed by atoms with E-state index in [0.717, 1.165) is 32.8 Å². The topological polar surface area (TPSA) is 32.8 Å². The SMILES string of the molecule is O=C1CC(S)CN1Cc1ccccc1N1CCOCC1. The fraction of sp³-hybridized carbons (Fsp3) is 0.533. The number of rotatable bonds is 3. The molecule has 0 bridgehead atoms. The van der Waals surface area contributed by atoms with Gasteiger partial charge in [0.2, 0.25) is 5.91 Å². The average Bonchev–Trinajstić information content (AvgIpc) is 2.78. The number of ether oxygens (including phenoxy) is 1. The number of likely N-dealkylation sites (tertiary alicyclic amines) is 1. The van der Waals surface area contributed by atoms with Crippen LogP contribution in [0, 0.1) is 0 Å². The van der Waals surface area contributed by atoms with Crippen LogP contribution < -0.4 is 4.90 Å². The van der Waals surface area contributed by atoms with Crippen molar-refractivity contribution in [1.82, 2.24) is 4.90 Å². The van der Waals surface area contributed by atoms with Crippen molar-refractivity contribution in [3.63, 3.8) is 0 Å². The molecule has 0 aromatic heterocycles. The average molecular weight is 292 g/mol. The fourth-order valence-electron chi connectivity index (χ4n) is 2.87. The zero-order valence-corrected chi connectivity index (χ0v) is 12.4. The van der Waals surface area contributed by atoms with E-state index in [1.54, 1.807) is 0 Å². The van der Waals surface area contributed by atoms with Gasteiger partial charge in [0.05, 0.1) is 13.2 Å². The molecule has 20 heavy (non-hydrogen) atoms. The van der Waals surface area contributed by atoms with Crippen molar-refractivity contribution in [2.24, 2.45) is 0 Å². The molecule has 0 saturated carbocycles. The molecule has 3 rings (SSSR count). The highest BCUT2D eigenvalue weighted by Crippen LogP contribution is 2.25. The maximum atomic E-state index is 11.9. The summed E-state index contributed by atoms with van der Waals surface area (Å²) >= 11 is 4.42. The van der Waals surface area contributed by atoms with Crippen molar-refractivity contribution in [1.29, 1.82) is 0 Å². The number of hydrogen-bond donors (Lipinski definition) is 1. The summed E-state index contributed by atoms with van der Waals surface area (Å²) in [6.07, 6.45) is 0.558. The maximum Gasteiger partial charge on any atom is 0.224 e. The predicted molar refractivity (Wildman–Crippen MR) is 82.3 cm³/mol. The largest absolute Gasteiger partial charge is 0.378 e. The Morgan fingerprint density at radius 1 is 1.25 bits per heavy atom. The molecule has 1 atom stereocenters. The summed E-state index contributed by atoms with van der Waals surface area (Å²) in [5, 5.41) is 0.179. The van der Waals surface area contributed by atoms with Gasteiger partial charge in [-0.3, -0.25) is 4.79 Å². The number of thiol groups is 1. The van der Waals surface area contributed by atoms with Crippen molar-refractivity contribution >= 4 is 24.2 Å². The number of anilines is 1. The molecule has 1 aromatic carbocycles. The molecule has 1 unspecified atom stereocenters. The lowest BCUT2D eigenvalue weighted by Gasteiger charge is -2.31. The highest BCUT2D eigenvalue weighted by molar-refractivity contribution is 7.81. The predicted octanol–water partition coefficient (Wildman–Crippen LogP) is 1.55. The molecule has 4 nitrogen and oxygen atoms in total. The summed E-state index contributed by atoms with van der Waals surface area (Å²) in [4.78, 5) is 16.2. The van der Waals surface area contributed by atoms with E-state index in [1.165, 1.54) is 11.3 Å². The number of hydrogen-bond acceptors (Lipinski definition) is 4. The normalized spacial score (nSPS) is 23.4. The summed E-state index contributed by atoms with van der Waals surface area (Å²) < 4.78 is 5.41. The molecule has 0 spiro atoms. The summed E-state index contributed by atoms with van der Waals surface area (Å²) in [7, 11) is 0. The highest BCUT2D eigenvalue weighted by atomic mass is 32.1. The van der Waals surface area contributed by atoms with Crippen molar-refractivity contribution in [3.8, 4) is 0 Å². The Balaban J connectivity index is 1.77. The standard InChI is InChI=1S/C15H20N2O2S/c18-15-9-13(20)11-17(15)10-12-3-1-2-4-14(12)16-5-7-19-8-6-16/h1-4,13,20H,5-11H2. The molecule has 108 valence electrons. The van der Waals surface area contributed by atoms with Crippen LogP contribution in [0.5, 0.6) is 0 Å². The molecule has 0 radical (unpaired) electrons. The highest BCUT2D eigenvalue weighted by Gasteiger charge is 2.28. The van der Waals surface area contributed by atoms with Gasteiger partial charge in [0.15, 0.2) is 0 Å². The lowest BCUT2D eigenvalue weighted by molar-refractivity contribution is -0.128. The second-order valence-electron chi connectivity index (χ2n) is 5.36. The van der Waals surface area contributed by atoms with Gasteiger partial charge in [-0.2, -0.15) is 12.6 Å². The Hall–Kier alpha value is -1.20. The van der Waals surface area contributed by atoms with Gasteiger partial charge in [-0.05, 0) is 11.6 Å². The van der Waals surface area contributed by atoms with Crippen LogP contribution >= 0.6 is 12.6 Å². The molecule has 5 heteroatoms. The Morgan fingerprint density at radius 3 is 2.70 bits per heavy atom. The van der Waals surface area contributed by atoms with Crippen molar-refractivity contribution in [2.75, 3.05) is 37.7 Å². The number of nitrogens with zero attached hydrogens (tertiary/aromatic N) is 2. The molecular weight excluding hydrogens is 272 g/mol. The summed E-state index contributed by atoms with van der Waals surface area (Å²) in [6, 6.07) is 8.35. The Kier molecular flexibility index (Phi) is 4.17. The van der Waals surface area contributed by atoms with Crippen LogP contribution in [0.4, 0.5) is 5.69 Å². The van der Waals surface area contributed by atoms with E-state index in [0.29, 0.717) is 13.0 Å². The van der Waals surface area contributed by atoms with Crippen LogP contribution in [0.15, 0.2) is 24.3 Å². The molecule has 1 aromatic rings. The van der Waals surface area contributed by atoms with Crippen LogP contribution in [-0.4, -0.2) is 48.9 Å². The van der Waals surface area contributed by atoms with E-state index in [9.17, 15) is 4.79 Å². The second kappa shape index (κ2) is 6.06. The summed E-state index contributed by atoms with van der Waals surface area (Å²) in [6.45, 7) is 4.81. The molecule has 2 heterocycles. The van der Waals surface area contributed by atoms with E-state index >= 15 is 0 Å². The smallest absolute Gasteiger partial charge is 0.224 e. The molecule has 2 saturated heterocycles. The number of carbonyl (C=O) groups excluding carboxylic acids is 1. The minimum atomic E-state index is 0.179. The molecule has 2 aliphatic heterocycles. The quantitative estimate of drug-likeness (QED) is 0.858. The van der Waals surface area contributed by atoms with Crippen molar-refractivity contribution < 1.29 is 9.53 Å². The van der Waals surface area contributed by atoms with Gasteiger partial charge in [0.25, 0.3) is 0 Å².